The van der Waals surface area contributed by atoms with E-state index in [9.17, 15) is 9.90 Å². The molecule has 2 heterocycles. The first-order valence-electron chi connectivity index (χ1n) is 9.36. The van der Waals surface area contributed by atoms with E-state index in [0.29, 0.717) is 20.7 Å². The summed E-state index contributed by atoms with van der Waals surface area (Å²) >= 11 is 7.54. The number of esters is 1. The van der Waals surface area contributed by atoms with Gasteiger partial charge < -0.3 is 14.6 Å². The van der Waals surface area contributed by atoms with Crippen molar-refractivity contribution in [3.8, 4) is 16.5 Å². The molecule has 4 aromatic rings. The van der Waals surface area contributed by atoms with E-state index >= 15 is 0 Å². The first kappa shape index (κ1) is 20.3. The lowest BCUT2D eigenvalue weighted by Crippen LogP contribution is -2.08. The van der Waals surface area contributed by atoms with E-state index in [4.69, 9.17) is 21.1 Å². The normalized spacial score (nSPS) is 12.1. The number of aromatic nitrogens is 2. The molecule has 1 N–H and O–H groups in total. The number of carbonyl (C=O) groups excluding carboxylic acids is 1. The molecule has 0 aliphatic rings. The molecule has 8 heteroatoms. The highest BCUT2D eigenvalue weighted by atomic mass is 35.5. The fraction of sp³-hybridized carbons (Fsp3) is 0.182. The van der Waals surface area contributed by atoms with E-state index in [2.05, 4.69) is 4.98 Å². The third-order valence-corrected chi connectivity index (χ3v) is 6.00. The standard InChI is InChI=1S/C22H19ClN2O4S/c1-3-28-22(27)21-19(29-13(2)15-6-4-5-7-16(15)23)11-20(30-21)25-12-24-17-9-8-14(26)10-18(17)25/h4-13,26H,3H2,1-2H3/t13-/m1/s1. The number of halogens is 1. The van der Waals surface area contributed by atoms with Crippen LogP contribution in [0, 0.1) is 0 Å². The van der Waals surface area contributed by atoms with E-state index in [1.165, 1.54) is 11.3 Å². The minimum atomic E-state index is -0.456. The lowest BCUT2D eigenvalue weighted by molar-refractivity contribution is 0.0526. The van der Waals surface area contributed by atoms with Crippen molar-refractivity contribution >= 4 is 39.9 Å². The van der Waals surface area contributed by atoms with Crippen molar-refractivity contribution in [3.05, 3.63) is 70.3 Å². The van der Waals surface area contributed by atoms with Crippen LogP contribution in [0.4, 0.5) is 0 Å². The Morgan fingerprint density at radius 2 is 2.07 bits per heavy atom. The Labute approximate surface area is 182 Å². The number of rotatable bonds is 6. The van der Waals surface area contributed by atoms with E-state index in [1.54, 1.807) is 48.1 Å². The number of thiophene rings is 1. The Morgan fingerprint density at radius 3 is 2.83 bits per heavy atom. The number of phenolic OH excluding ortho intramolecular Hbond substituents is 1. The van der Waals surface area contributed by atoms with Crippen molar-refractivity contribution in [1.29, 1.82) is 0 Å². The molecule has 2 aromatic carbocycles. The van der Waals surface area contributed by atoms with Gasteiger partial charge >= 0.3 is 5.97 Å². The summed E-state index contributed by atoms with van der Waals surface area (Å²) in [6, 6.07) is 14.1. The minimum absolute atomic E-state index is 0.134. The first-order valence-corrected chi connectivity index (χ1v) is 10.6. The van der Waals surface area contributed by atoms with Crippen molar-refractivity contribution < 1.29 is 19.4 Å². The van der Waals surface area contributed by atoms with Gasteiger partial charge in [0.2, 0.25) is 0 Å². The van der Waals surface area contributed by atoms with Gasteiger partial charge in [-0.05, 0) is 32.0 Å². The fourth-order valence-corrected chi connectivity index (χ4v) is 4.40. The van der Waals surface area contributed by atoms with Crippen LogP contribution in [0.25, 0.3) is 16.0 Å². The van der Waals surface area contributed by atoms with E-state index < -0.39 is 5.97 Å². The maximum atomic E-state index is 12.6. The van der Waals surface area contributed by atoms with Crippen molar-refractivity contribution in [1.82, 2.24) is 9.55 Å². The number of ether oxygens (including phenoxy) is 2. The molecule has 154 valence electrons. The van der Waals surface area contributed by atoms with Crippen molar-refractivity contribution in [2.75, 3.05) is 6.61 Å². The Bertz CT molecular complexity index is 1220. The molecule has 0 aliphatic carbocycles. The van der Waals surface area contributed by atoms with E-state index in [0.717, 1.165) is 16.6 Å². The predicted molar refractivity (Wildman–Crippen MR) is 117 cm³/mol. The molecule has 30 heavy (non-hydrogen) atoms. The molecule has 0 bridgehead atoms. The number of benzene rings is 2. The topological polar surface area (TPSA) is 73.6 Å². The highest BCUT2D eigenvalue weighted by molar-refractivity contribution is 7.16. The van der Waals surface area contributed by atoms with Gasteiger partial charge in [0.05, 0.1) is 17.6 Å². The lowest BCUT2D eigenvalue weighted by atomic mass is 10.1. The van der Waals surface area contributed by atoms with Gasteiger partial charge in [-0.1, -0.05) is 29.8 Å². The Balaban J connectivity index is 1.76. The zero-order valence-electron chi connectivity index (χ0n) is 16.3. The molecule has 0 saturated carbocycles. The Morgan fingerprint density at radius 1 is 1.27 bits per heavy atom. The van der Waals surface area contributed by atoms with Crippen LogP contribution in [0.1, 0.15) is 35.2 Å². The average molecular weight is 443 g/mol. The summed E-state index contributed by atoms with van der Waals surface area (Å²) in [6.07, 6.45) is 1.27. The van der Waals surface area contributed by atoms with E-state index in [1.807, 2.05) is 25.1 Å². The van der Waals surface area contributed by atoms with Crippen LogP contribution in [0.5, 0.6) is 11.5 Å². The second-order valence-electron chi connectivity index (χ2n) is 6.57. The zero-order chi connectivity index (χ0) is 21.3. The largest absolute Gasteiger partial charge is 0.508 e. The van der Waals surface area contributed by atoms with Crippen LogP contribution in [-0.4, -0.2) is 27.2 Å². The molecule has 1 atom stereocenters. The predicted octanol–water partition coefficient (Wildman–Crippen LogP) is 5.76. The molecule has 0 aliphatic heterocycles. The van der Waals surface area contributed by atoms with Crippen LogP contribution >= 0.6 is 22.9 Å². The monoisotopic (exact) mass is 442 g/mol. The summed E-state index contributed by atoms with van der Waals surface area (Å²) < 4.78 is 13.2. The molecule has 0 fully saturated rings. The highest BCUT2D eigenvalue weighted by Crippen LogP contribution is 2.37. The molecule has 0 amide bonds. The molecular formula is C22H19ClN2O4S. The quantitative estimate of drug-likeness (QED) is 0.384. The third-order valence-electron chi connectivity index (χ3n) is 4.56. The minimum Gasteiger partial charge on any atom is -0.508 e. The number of carbonyl (C=O) groups is 1. The third kappa shape index (κ3) is 3.86. The molecule has 2 aromatic heterocycles. The molecule has 0 radical (unpaired) electrons. The molecule has 0 saturated heterocycles. The molecule has 4 rings (SSSR count). The van der Waals surface area contributed by atoms with Gasteiger partial charge in [0, 0.05) is 22.7 Å². The second kappa shape index (κ2) is 8.38. The summed E-state index contributed by atoms with van der Waals surface area (Å²) in [7, 11) is 0. The van der Waals surface area contributed by atoms with Crippen molar-refractivity contribution in [2.24, 2.45) is 0 Å². The SMILES string of the molecule is CCOC(=O)c1sc(-n2cnc3ccc(O)cc32)cc1O[C@H](C)c1ccccc1Cl. The summed E-state index contributed by atoms with van der Waals surface area (Å²) in [5, 5.41) is 11.2. The number of hydrogen-bond donors (Lipinski definition) is 1. The van der Waals surface area contributed by atoms with Gasteiger partial charge in [0.25, 0.3) is 0 Å². The van der Waals surface area contributed by atoms with Gasteiger partial charge in [-0.15, -0.1) is 11.3 Å². The lowest BCUT2D eigenvalue weighted by Gasteiger charge is -2.16. The number of aromatic hydroxyl groups is 1. The summed E-state index contributed by atoms with van der Waals surface area (Å²) in [4.78, 5) is 17.3. The number of imidazole rings is 1. The maximum absolute atomic E-state index is 12.6. The number of hydrogen-bond acceptors (Lipinski definition) is 6. The molecule has 0 unspecified atom stereocenters. The van der Waals surface area contributed by atoms with Crippen LogP contribution < -0.4 is 4.74 Å². The zero-order valence-corrected chi connectivity index (χ0v) is 17.9. The Kier molecular flexibility index (Phi) is 5.65. The molecule has 6 nitrogen and oxygen atoms in total. The van der Waals surface area contributed by atoms with Crippen LogP contribution in [0.3, 0.4) is 0 Å². The van der Waals surface area contributed by atoms with Gasteiger partial charge in [0.15, 0.2) is 4.88 Å². The molecular weight excluding hydrogens is 424 g/mol. The van der Waals surface area contributed by atoms with Crippen molar-refractivity contribution in [2.45, 2.75) is 20.0 Å². The van der Waals surface area contributed by atoms with Crippen molar-refractivity contribution in [3.63, 3.8) is 0 Å². The highest BCUT2D eigenvalue weighted by Gasteiger charge is 2.23. The summed E-state index contributed by atoms with van der Waals surface area (Å²) in [5.41, 5.74) is 2.27. The van der Waals surface area contributed by atoms with Gasteiger partial charge in [-0.25, -0.2) is 9.78 Å². The van der Waals surface area contributed by atoms with Gasteiger partial charge in [-0.3, -0.25) is 4.57 Å². The Hall–Kier alpha value is -3.03. The molecule has 0 spiro atoms. The van der Waals surface area contributed by atoms with Gasteiger partial charge in [0.1, 0.15) is 28.9 Å². The first-order chi connectivity index (χ1) is 14.5. The second-order valence-corrected chi connectivity index (χ2v) is 8.01. The smallest absolute Gasteiger partial charge is 0.352 e. The fourth-order valence-electron chi connectivity index (χ4n) is 3.14. The van der Waals surface area contributed by atoms with Gasteiger partial charge in [-0.2, -0.15) is 0 Å². The summed E-state index contributed by atoms with van der Waals surface area (Å²) in [6.45, 7) is 3.89. The van der Waals surface area contributed by atoms with Crippen LogP contribution in [0.15, 0.2) is 54.9 Å². The number of phenols is 1. The number of fused-ring (bicyclic) bond motifs is 1. The van der Waals surface area contributed by atoms with Crippen LogP contribution in [-0.2, 0) is 4.74 Å². The number of nitrogens with zero attached hydrogens (tertiary/aromatic N) is 2. The maximum Gasteiger partial charge on any atom is 0.352 e. The average Bonchev–Trinajstić information content (AvgIpc) is 3.32. The van der Waals surface area contributed by atoms with Crippen LogP contribution in [0.2, 0.25) is 5.02 Å². The summed E-state index contributed by atoms with van der Waals surface area (Å²) in [5.74, 6) is 0.0838. The van der Waals surface area contributed by atoms with E-state index in [-0.39, 0.29) is 18.5 Å².